The lowest BCUT2D eigenvalue weighted by molar-refractivity contribution is -0.142. The molecule has 1 aromatic carbocycles. The number of phenols is 1. The Balaban J connectivity index is 1.65. The van der Waals surface area contributed by atoms with E-state index >= 15 is 0 Å². The number of likely N-dealkylation sites (tertiary alicyclic amines) is 1. The van der Waals surface area contributed by atoms with E-state index in [9.17, 15) is 9.90 Å². The normalized spacial score (nSPS) is 26.2. The van der Waals surface area contributed by atoms with E-state index in [0.29, 0.717) is 17.8 Å². The number of carbonyl (C=O) groups is 1. The first kappa shape index (κ1) is 18.0. The molecule has 0 unspecified atom stereocenters. The third-order valence-electron chi connectivity index (χ3n) is 5.83. The third-order valence-corrected chi connectivity index (χ3v) is 5.83. The summed E-state index contributed by atoms with van der Waals surface area (Å²) in [5.74, 6) is 0.576. The van der Waals surface area contributed by atoms with Crippen LogP contribution in [0.3, 0.4) is 0 Å². The molecule has 1 amide bonds. The van der Waals surface area contributed by atoms with Gasteiger partial charge in [-0.1, -0.05) is 18.2 Å². The molecule has 2 aliphatic heterocycles. The Bertz CT molecular complexity index is 628. The minimum absolute atomic E-state index is 0.0689. The van der Waals surface area contributed by atoms with Crippen molar-refractivity contribution in [3.05, 3.63) is 35.9 Å². The number of rotatable bonds is 3. The van der Waals surface area contributed by atoms with Crippen LogP contribution in [0.1, 0.15) is 52.0 Å². The third kappa shape index (κ3) is 3.90. The topological polar surface area (TPSA) is 43.8 Å². The molecular formula is C21H30N2O2. The van der Waals surface area contributed by atoms with Crippen LogP contribution in [0.2, 0.25) is 0 Å². The van der Waals surface area contributed by atoms with Gasteiger partial charge in [-0.2, -0.15) is 0 Å². The summed E-state index contributed by atoms with van der Waals surface area (Å²) >= 11 is 0. The van der Waals surface area contributed by atoms with E-state index in [1.165, 1.54) is 12.0 Å². The SMILES string of the molecule is C[C@H](C(=O)N1[C@H](C)CCC[C@H]1C)N1CC=C(c2ccc(O)cc2)CC1. The first-order valence-corrected chi connectivity index (χ1v) is 9.52. The molecule has 1 saturated heterocycles. The molecule has 1 aromatic rings. The summed E-state index contributed by atoms with van der Waals surface area (Å²) in [5.41, 5.74) is 2.46. The van der Waals surface area contributed by atoms with Crippen molar-refractivity contribution in [2.24, 2.45) is 0 Å². The highest BCUT2D eigenvalue weighted by atomic mass is 16.3. The van der Waals surface area contributed by atoms with Crippen molar-refractivity contribution in [1.29, 1.82) is 0 Å². The largest absolute Gasteiger partial charge is 0.508 e. The zero-order valence-electron chi connectivity index (χ0n) is 15.6. The maximum absolute atomic E-state index is 13.0. The summed E-state index contributed by atoms with van der Waals surface area (Å²) in [5, 5.41) is 9.43. The summed E-state index contributed by atoms with van der Waals surface area (Å²) in [6.07, 6.45) is 6.63. The van der Waals surface area contributed by atoms with Gasteiger partial charge in [-0.05, 0) is 69.7 Å². The van der Waals surface area contributed by atoms with E-state index in [2.05, 4.69) is 36.6 Å². The number of hydrogen-bond acceptors (Lipinski definition) is 3. The molecule has 3 rings (SSSR count). The highest BCUT2D eigenvalue weighted by Crippen LogP contribution is 2.27. The molecule has 4 nitrogen and oxygen atoms in total. The Hall–Kier alpha value is -1.81. The second-order valence-electron chi connectivity index (χ2n) is 7.57. The number of benzene rings is 1. The maximum Gasteiger partial charge on any atom is 0.240 e. The molecule has 25 heavy (non-hydrogen) atoms. The van der Waals surface area contributed by atoms with Crippen molar-refractivity contribution < 1.29 is 9.90 Å². The van der Waals surface area contributed by atoms with Gasteiger partial charge in [0.05, 0.1) is 6.04 Å². The second-order valence-corrected chi connectivity index (χ2v) is 7.57. The number of amides is 1. The van der Waals surface area contributed by atoms with Gasteiger partial charge in [-0.15, -0.1) is 0 Å². The standard InChI is InChI=1S/C21H30N2O2/c1-15-5-4-6-16(2)23(15)21(25)17(3)22-13-11-19(12-14-22)18-7-9-20(24)10-8-18/h7-11,15-17,24H,4-6,12-14H2,1-3H3/t15-,16-,17-/m1/s1. The fourth-order valence-electron chi connectivity index (χ4n) is 4.20. The van der Waals surface area contributed by atoms with E-state index in [0.717, 1.165) is 37.9 Å². The molecule has 0 radical (unpaired) electrons. The molecule has 0 spiro atoms. The molecule has 0 aromatic heterocycles. The molecule has 2 heterocycles. The van der Waals surface area contributed by atoms with Gasteiger partial charge >= 0.3 is 0 Å². The van der Waals surface area contributed by atoms with E-state index in [4.69, 9.17) is 0 Å². The summed E-state index contributed by atoms with van der Waals surface area (Å²) in [6, 6.07) is 8.02. The fraction of sp³-hybridized carbons (Fsp3) is 0.571. The Labute approximate surface area is 151 Å². The predicted molar refractivity (Wildman–Crippen MR) is 101 cm³/mol. The van der Waals surface area contributed by atoms with Gasteiger partial charge in [-0.25, -0.2) is 0 Å². The molecule has 2 aliphatic rings. The number of aromatic hydroxyl groups is 1. The van der Waals surface area contributed by atoms with Crippen LogP contribution in [-0.2, 0) is 4.79 Å². The van der Waals surface area contributed by atoms with E-state index in [-0.39, 0.29) is 11.9 Å². The fourth-order valence-corrected chi connectivity index (χ4v) is 4.20. The first-order chi connectivity index (χ1) is 12.0. The Morgan fingerprint density at radius 3 is 2.36 bits per heavy atom. The molecule has 4 heteroatoms. The van der Waals surface area contributed by atoms with Crippen LogP contribution < -0.4 is 0 Å². The summed E-state index contributed by atoms with van der Waals surface area (Å²) in [6.45, 7) is 8.12. The number of nitrogens with zero attached hydrogens (tertiary/aromatic N) is 2. The van der Waals surface area contributed by atoms with Crippen molar-refractivity contribution in [3.63, 3.8) is 0 Å². The van der Waals surface area contributed by atoms with Crippen LogP contribution >= 0.6 is 0 Å². The lowest BCUT2D eigenvalue weighted by atomic mass is 9.95. The van der Waals surface area contributed by atoms with Gasteiger partial charge in [0, 0.05) is 25.2 Å². The van der Waals surface area contributed by atoms with Crippen LogP contribution in [0.25, 0.3) is 5.57 Å². The maximum atomic E-state index is 13.0. The number of phenolic OH excluding ortho intramolecular Hbond substituents is 1. The summed E-state index contributed by atoms with van der Waals surface area (Å²) < 4.78 is 0. The van der Waals surface area contributed by atoms with Gasteiger partial charge in [0.25, 0.3) is 0 Å². The highest BCUT2D eigenvalue weighted by Gasteiger charge is 2.34. The van der Waals surface area contributed by atoms with Crippen molar-refractivity contribution in [1.82, 2.24) is 9.80 Å². The van der Waals surface area contributed by atoms with Crippen molar-refractivity contribution in [3.8, 4) is 5.75 Å². The molecule has 0 aliphatic carbocycles. The van der Waals surface area contributed by atoms with Crippen LogP contribution in [0, 0.1) is 0 Å². The summed E-state index contributed by atoms with van der Waals surface area (Å²) in [7, 11) is 0. The molecule has 136 valence electrons. The zero-order valence-corrected chi connectivity index (χ0v) is 15.6. The quantitative estimate of drug-likeness (QED) is 0.912. The highest BCUT2D eigenvalue weighted by molar-refractivity contribution is 5.82. The van der Waals surface area contributed by atoms with Crippen LogP contribution in [-0.4, -0.2) is 52.0 Å². The smallest absolute Gasteiger partial charge is 0.240 e. The number of hydrogen-bond donors (Lipinski definition) is 1. The van der Waals surface area contributed by atoms with Crippen molar-refractivity contribution >= 4 is 11.5 Å². The van der Waals surface area contributed by atoms with Gasteiger partial charge in [-0.3, -0.25) is 9.69 Å². The van der Waals surface area contributed by atoms with Crippen molar-refractivity contribution in [2.45, 2.75) is 64.6 Å². The van der Waals surface area contributed by atoms with Crippen LogP contribution in [0.5, 0.6) is 5.75 Å². The predicted octanol–water partition coefficient (Wildman–Crippen LogP) is 3.66. The second kappa shape index (κ2) is 7.61. The average molecular weight is 342 g/mol. The first-order valence-electron chi connectivity index (χ1n) is 9.52. The number of carbonyl (C=O) groups excluding carboxylic acids is 1. The number of piperidine rings is 1. The minimum Gasteiger partial charge on any atom is -0.508 e. The molecule has 1 N–H and O–H groups in total. The Morgan fingerprint density at radius 1 is 1.16 bits per heavy atom. The summed E-state index contributed by atoms with van der Waals surface area (Å²) in [4.78, 5) is 17.4. The molecule has 0 bridgehead atoms. The van der Waals surface area contributed by atoms with Crippen LogP contribution in [0.4, 0.5) is 0 Å². The monoisotopic (exact) mass is 342 g/mol. The van der Waals surface area contributed by atoms with Gasteiger partial charge < -0.3 is 10.0 Å². The van der Waals surface area contributed by atoms with Crippen molar-refractivity contribution in [2.75, 3.05) is 13.1 Å². The molecule has 1 fully saturated rings. The zero-order chi connectivity index (χ0) is 18.0. The molecular weight excluding hydrogens is 312 g/mol. The minimum atomic E-state index is -0.0689. The van der Waals surface area contributed by atoms with Gasteiger partial charge in [0.2, 0.25) is 5.91 Å². The Kier molecular flexibility index (Phi) is 5.48. The average Bonchev–Trinajstić information content (AvgIpc) is 2.61. The Morgan fingerprint density at radius 2 is 1.80 bits per heavy atom. The lowest BCUT2D eigenvalue weighted by Gasteiger charge is -2.42. The lowest BCUT2D eigenvalue weighted by Crippen LogP contribution is -2.55. The van der Waals surface area contributed by atoms with Gasteiger partial charge in [0.15, 0.2) is 0 Å². The molecule has 0 saturated carbocycles. The van der Waals surface area contributed by atoms with E-state index in [1.807, 2.05) is 12.1 Å². The van der Waals surface area contributed by atoms with Crippen LogP contribution in [0.15, 0.2) is 30.3 Å². The molecule has 3 atom stereocenters. The van der Waals surface area contributed by atoms with E-state index < -0.39 is 0 Å². The van der Waals surface area contributed by atoms with Gasteiger partial charge in [0.1, 0.15) is 5.75 Å². The van der Waals surface area contributed by atoms with E-state index in [1.54, 1.807) is 12.1 Å².